The second-order valence-corrected chi connectivity index (χ2v) is 15.6. The van der Waals surface area contributed by atoms with E-state index in [0.717, 1.165) is 82.4 Å². The number of halogens is 1. The maximum absolute atomic E-state index is 12.4. The van der Waals surface area contributed by atoms with Gasteiger partial charge in [0, 0.05) is 38.9 Å². The fourth-order valence-corrected chi connectivity index (χ4v) is 7.50. The summed E-state index contributed by atoms with van der Waals surface area (Å²) in [5, 5.41) is 0. The predicted molar refractivity (Wildman–Crippen MR) is 212 cm³/mol. The molecule has 0 saturated carbocycles. The molecule has 0 aromatic rings. The fourth-order valence-electron chi connectivity index (χ4n) is 7.50. The normalized spacial score (nSPS) is 14.3. The van der Waals surface area contributed by atoms with Gasteiger partial charge in [0.15, 0.2) is 0 Å². The Labute approximate surface area is 327 Å². The molecule has 1 aliphatic heterocycles. The quantitative estimate of drug-likeness (QED) is 0.0399. The molecule has 0 unspecified atom stereocenters. The number of nitrogens with two attached hydrogens (primary N) is 1. The predicted octanol–water partition coefficient (Wildman–Crippen LogP) is 7.52. The van der Waals surface area contributed by atoms with Crippen LogP contribution in [0.25, 0.3) is 0 Å². The van der Waals surface area contributed by atoms with Crippen molar-refractivity contribution in [2.75, 3.05) is 65.6 Å². The number of hydrogen-bond acceptors (Lipinski definition) is 6. The molecular formula is C43H86BrN3O4. The molecule has 0 atom stereocenters. The monoisotopic (exact) mass is 788 g/mol. The number of ether oxygens (including phenoxy) is 2. The number of unbranched alkanes of at least 4 members (excludes halogenated alkanes) is 24. The number of esters is 2. The van der Waals surface area contributed by atoms with Crippen LogP contribution < -0.4 is 22.7 Å². The standard InChI is InChI=1S/C43H86N3O4.BrH/c1-3-5-7-9-11-13-15-17-19-21-23-25-27-30-42(47)49-40-35-45-33-37-46(38-34-45,36-29-32-44)39-41-50-43(48)31-28-26-24-22-20-18-16-14-12-10-8-6-4-2;/h3-41,44H2,1-2H3;1H/q+1;/p-1. The zero-order valence-corrected chi connectivity index (χ0v) is 35.6. The van der Waals surface area contributed by atoms with E-state index >= 15 is 0 Å². The number of hydrogen-bond donors (Lipinski definition) is 1. The van der Waals surface area contributed by atoms with Gasteiger partial charge in [-0.3, -0.25) is 14.5 Å². The summed E-state index contributed by atoms with van der Waals surface area (Å²) in [6, 6.07) is 0. The van der Waals surface area contributed by atoms with Crippen molar-refractivity contribution in [3.05, 3.63) is 0 Å². The van der Waals surface area contributed by atoms with Gasteiger partial charge in [0.05, 0.1) is 19.6 Å². The smallest absolute Gasteiger partial charge is 0.305 e. The first-order valence-electron chi connectivity index (χ1n) is 22.1. The molecule has 0 spiro atoms. The van der Waals surface area contributed by atoms with Crippen molar-refractivity contribution in [3.63, 3.8) is 0 Å². The van der Waals surface area contributed by atoms with Crippen LogP contribution in [0.3, 0.4) is 0 Å². The summed E-state index contributed by atoms with van der Waals surface area (Å²) in [5.74, 6) is -0.0805. The van der Waals surface area contributed by atoms with E-state index in [9.17, 15) is 9.59 Å². The van der Waals surface area contributed by atoms with E-state index in [-0.39, 0.29) is 28.9 Å². The van der Waals surface area contributed by atoms with Crippen LogP contribution in [-0.4, -0.2) is 86.9 Å². The van der Waals surface area contributed by atoms with Crippen molar-refractivity contribution >= 4 is 11.9 Å². The molecule has 304 valence electrons. The number of carbonyl (C=O) groups is 2. The molecule has 0 aliphatic carbocycles. The van der Waals surface area contributed by atoms with Gasteiger partial charge in [-0.2, -0.15) is 0 Å². The third-order valence-corrected chi connectivity index (χ3v) is 11.1. The third-order valence-electron chi connectivity index (χ3n) is 11.1. The summed E-state index contributed by atoms with van der Waals surface area (Å²) in [4.78, 5) is 27.1. The molecule has 2 N–H and O–H groups in total. The zero-order valence-electron chi connectivity index (χ0n) is 34.1. The van der Waals surface area contributed by atoms with Crippen LogP contribution >= 0.6 is 0 Å². The van der Waals surface area contributed by atoms with Gasteiger partial charge in [0.1, 0.15) is 19.8 Å². The van der Waals surface area contributed by atoms with Crippen molar-refractivity contribution in [1.29, 1.82) is 0 Å². The molecule has 7 nitrogen and oxygen atoms in total. The van der Waals surface area contributed by atoms with E-state index in [1.165, 1.54) is 141 Å². The molecule has 1 saturated heterocycles. The minimum Gasteiger partial charge on any atom is -1.00 e. The van der Waals surface area contributed by atoms with E-state index in [2.05, 4.69) is 18.7 Å². The van der Waals surface area contributed by atoms with Crippen LogP contribution in [0.1, 0.15) is 200 Å². The molecule has 51 heavy (non-hydrogen) atoms. The maximum Gasteiger partial charge on any atom is 0.305 e. The SMILES string of the molecule is CCCCCCCCCCCCCCCC(=O)OCCN1CC[N+](CCCN)(CCOC(=O)CCCCCCCCCCCCCCC)CC1.[Br-]. The van der Waals surface area contributed by atoms with Gasteiger partial charge in [0.25, 0.3) is 0 Å². The molecule has 0 amide bonds. The van der Waals surface area contributed by atoms with Gasteiger partial charge in [-0.1, -0.05) is 168 Å². The summed E-state index contributed by atoms with van der Waals surface area (Å²) in [6.07, 6.45) is 36.2. The highest BCUT2D eigenvalue weighted by atomic mass is 79.9. The molecule has 1 fully saturated rings. The minimum atomic E-state index is -0.0428. The summed E-state index contributed by atoms with van der Waals surface area (Å²) in [6.45, 7) is 13.0. The Kier molecular flexibility index (Phi) is 37.1. The Morgan fingerprint density at radius 1 is 0.510 bits per heavy atom. The molecule has 0 aromatic carbocycles. The zero-order chi connectivity index (χ0) is 36.2. The van der Waals surface area contributed by atoms with Crippen LogP contribution in [0.15, 0.2) is 0 Å². The Balaban J connectivity index is 0.0000250. The highest BCUT2D eigenvalue weighted by Gasteiger charge is 2.32. The molecule has 1 rings (SSSR count). The molecular weight excluding hydrogens is 702 g/mol. The summed E-state index contributed by atoms with van der Waals surface area (Å²) >= 11 is 0. The van der Waals surface area contributed by atoms with E-state index in [1.807, 2.05) is 0 Å². The summed E-state index contributed by atoms with van der Waals surface area (Å²) in [5.41, 5.74) is 5.89. The lowest BCUT2D eigenvalue weighted by Gasteiger charge is -2.44. The van der Waals surface area contributed by atoms with Gasteiger partial charge < -0.3 is 36.7 Å². The van der Waals surface area contributed by atoms with Gasteiger partial charge in [-0.05, 0) is 19.4 Å². The molecule has 0 aromatic heterocycles. The number of carbonyl (C=O) groups excluding carboxylic acids is 2. The number of rotatable bonds is 37. The summed E-state index contributed by atoms with van der Waals surface area (Å²) in [7, 11) is 0. The first-order chi connectivity index (χ1) is 24.5. The molecule has 1 aliphatic rings. The van der Waals surface area contributed by atoms with Gasteiger partial charge in [-0.15, -0.1) is 0 Å². The average molecular weight is 789 g/mol. The Morgan fingerprint density at radius 3 is 1.24 bits per heavy atom. The Bertz CT molecular complexity index is 764. The minimum absolute atomic E-state index is 0. The topological polar surface area (TPSA) is 81.9 Å². The molecule has 0 bridgehead atoms. The second-order valence-electron chi connectivity index (χ2n) is 15.6. The van der Waals surface area contributed by atoms with Crippen molar-refractivity contribution in [3.8, 4) is 0 Å². The van der Waals surface area contributed by atoms with E-state index in [0.29, 0.717) is 32.6 Å². The summed E-state index contributed by atoms with van der Waals surface area (Å²) < 4.78 is 12.3. The van der Waals surface area contributed by atoms with Crippen LogP contribution in [0, 0.1) is 0 Å². The van der Waals surface area contributed by atoms with Gasteiger partial charge in [0.2, 0.25) is 0 Å². The first-order valence-corrected chi connectivity index (χ1v) is 22.1. The van der Waals surface area contributed by atoms with Crippen molar-refractivity contribution < 1.29 is 40.5 Å². The van der Waals surface area contributed by atoms with Crippen LogP contribution in [0.2, 0.25) is 0 Å². The van der Waals surface area contributed by atoms with Crippen molar-refractivity contribution in [2.45, 2.75) is 200 Å². The molecule has 8 heteroatoms. The third kappa shape index (κ3) is 31.4. The second kappa shape index (κ2) is 37.6. The van der Waals surface area contributed by atoms with E-state index in [4.69, 9.17) is 15.2 Å². The average Bonchev–Trinajstić information content (AvgIpc) is 3.12. The maximum atomic E-state index is 12.4. The number of nitrogens with zero attached hydrogens (tertiary/aromatic N) is 2. The lowest BCUT2D eigenvalue weighted by Crippen LogP contribution is -3.00. The van der Waals surface area contributed by atoms with E-state index < -0.39 is 0 Å². The highest BCUT2D eigenvalue weighted by Crippen LogP contribution is 2.17. The van der Waals surface area contributed by atoms with Gasteiger partial charge >= 0.3 is 11.9 Å². The van der Waals surface area contributed by atoms with Crippen LogP contribution in [0.4, 0.5) is 0 Å². The van der Waals surface area contributed by atoms with Crippen LogP contribution in [-0.2, 0) is 19.1 Å². The van der Waals surface area contributed by atoms with Crippen molar-refractivity contribution in [1.82, 2.24) is 4.90 Å². The van der Waals surface area contributed by atoms with Crippen molar-refractivity contribution in [2.24, 2.45) is 5.73 Å². The fraction of sp³-hybridized carbons (Fsp3) is 0.953. The van der Waals surface area contributed by atoms with Crippen LogP contribution in [0.5, 0.6) is 0 Å². The number of piperazine rings is 1. The Morgan fingerprint density at radius 2 is 0.863 bits per heavy atom. The van der Waals surface area contributed by atoms with E-state index in [1.54, 1.807) is 0 Å². The largest absolute Gasteiger partial charge is 1.00 e. The molecule has 1 heterocycles. The lowest BCUT2D eigenvalue weighted by molar-refractivity contribution is -0.932. The first kappa shape index (κ1) is 50.3. The molecule has 0 radical (unpaired) electrons. The highest BCUT2D eigenvalue weighted by molar-refractivity contribution is 5.69. The lowest BCUT2D eigenvalue weighted by atomic mass is 10.0. The number of quaternary nitrogens is 1. The van der Waals surface area contributed by atoms with Gasteiger partial charge in [-0.25, -0.2) is 0 Å². The Hall–Kier alpha value is -0.700.